The number of ether oxygens (including phenoxy) is 4. The Kier molecular flexibility index (Phi) is 63.6. The van der Waals surface area contributed by atoms with Crippen LogP contribution in [-0.4, -0.2) is 140 Å². The van der Waals surface area contributed by atoms with Crippen LogP contribution < -0.4 is 5.32 Å². The third-order valence-corrected chi connectivity index (χ3v) is 19.9. The zero-order valence-corrected chi connectivity index (χ0v) is 63.2. The van der Waals surface area contributed by atoms with Crippen molar-refractivity contribution in [1.82, 2.24) is 5.32 Å². The van der Waals surface area contributed by atoms with Crippen molar-refractivity contribution in [3.63, 3.8) is 0 Å². The zero-order chi connectivity index (χ0) is 71.5. The molecule has 2 rings (SSSR count). The van der Waals surface area contributed by atoms with Crippen molar-refractivity contribution in [3.8, 4) is 0 Å². The van der Waals surface area contributed by atoms with Crippen LogP contribution in [0.4, 0.5) is 0 Å². The van der Waals surface area contributed by atoms with Gasteiger partial charge in [0.1, 0.15) is 48.8 Å². The second-order valence-electron chi connectivity index (χ2n) is 28.9. The average Bonchev–Trinajstić information content (AvgIpc) is 0.799. The summed E-state index contributed by atoms with van der Waals surface area (Å²) in [5, 5.41) is 87.9. The maximum atomic E-state index is 13.4. The van der Waals surface area contributed by atoms with Gasteiger partial charge in [-0.1, -0.05) is 362 Å². The Morgan fingerprint density at radius 3 is 1.07 bits per heavy atom. The number of aliphatic hydroxyl groups is 8. The summed E-state index contributed by atoms with van der Waals surface area (Å²) in [6, 6.07) is -0.832. The predicted octanol–water partition coefficient (Wildman–Crippen LogP) is 19.1. The van der Waals surface area contributed by atoms with Crippen molar-refractivity contribution in [2.75, 3.05) is 19.8 Å². The normalized spacial score (nSPS) is 22.4. The molecule has 0 aromatic heterocycles. The van der Waals surface area contributed by atoms with E-state index in [4.69, 9.17) is 18.9 Å². The molecule has 2 aliphatic heterocycles. The van der Waals surface area contributed by atoms with E-state index in [1.807, 2.05) is 0 Å². The number of unbranched alkanes of at least 4 members (excludes halogenated alkanes) is 42. The second-order valence-corrected chi connectivity index (χ2v) is 28.9. The van der Waals surface area contributed by atoms with Gasteiger partial charge >= 0.3 is 0 Å². The number of carbonyl (C=O) groups excluding carboxylic acids is 1. The highest BCUT2D eigenvalue weighted by atomic mass is 16.7. The van der Waals surface area contributed by atoms with Crippen LogP contribution in [0.25, 0.3) is 0 Å². The smallest absolute Gasteiger partial charge is 0.220 e. The van der Waals surface area contributed by atoms with Gasteiger partial charge < -0.3 is 65.1 Å². The highest BCUT2D eigenvalue weighted by molar-refractivity contribution is 5.76. The Labute approximate surface area is 605 Å². The van der Waals surface area contributed by atoms with Crippen LogP contribution in [-0.2, 0) is 23.7 Å². The molecule has 2 fully saturated rings. The molecule has 576 valence electrons. The van der Waals surface area contributed by atoms with E-state index < -0.39 is 86.8 Å². The fourth-order valence-electron chi connectivity index (χ4n) is 13.4. The molecule has 12 atom stereocenters. The average molecular weight is 1400 g/mol. The van der Waals surface area contributed by atoms with Crippen LogP contribution in [0.15, 0.2) is 85.1 Å². The van der Waals surface area contributed by atoms with Gasteiger partial charge in [0.25, 0.3) is 0 Å². The number of hydrogen-bond acceptors (Lipinski definition) is 13. The fraction of sp³-hybridized carbons (Fsp3) is 0.824. The van der Waals surface area contributed by atoms with Crippen LogP contribution in [0, 0.1) is 0 Å². The minimum Gasteiger partial charge on any atom is -0.394 e. The number of allylic oxidation sites excluding steroid dienone is 14. The van der Waals surface area contributed by atoms with E-state index >= 15 is 0 Å². The predicted molar refractivity (Wildman–Crippen MR) is 410 cm³/mol. The Bertz CT molecular complexity index is 1990. The molecule has 0 aromatic carbocycles. The first kappa shape index (κ1) is 92.3. The molecule has 0 saturated carbocycles. The van der Waals surface area contributed by atoms with Crippen molar-refractivity contribution in [2.24, 2.45) is 0 Å². The van der Waals surface area contributed by atoms with Crippen molar-refractivity contribution in [3.05, 3.63) is 85.1 Å². The van der Waals surface area contributed by atoms with Gasteiger partial charge in [0.05, 0.1) is 32.0 Å². The molecule has 14 nitrogen and oxygen atoms in total. The fourth-order valence-corrected chi connectivity index (χ4v) is 13.4. The highest BCUT2D eigenvalue weighted by Gasteiger charge is 2.51. The minimum absolute atomic E-state index is 0.201. The lowest BCUT2D eigenvalue weighted by atomic mass is 9.97. The molecule has 14 heteroatoms. The number of aliphatic hydroxyl groups excluding tert-OH is 8. The van der Waals surface area contributed by atoms with Gasteiger partial charge in [0, 0.05) is 6.42 Å². The van der Waals surface area contributed by atoms with Gasteiger partial charge in [-0.2, -0.15) is 0 Å². The topological polar surface area (TPSA) is 228 Å². The molecule has 99 heavy (non-hydrogen) atoms. The molecule has 0 spiro atoms. The lowest BCUT2D eigenvalue weighted by Crippen LogP contribution is -2.65. The van der Waals surface area contributed by atoms with Gasteiger partial charge in [-0.25, -0.2) is 0 Å². The van der Waals surface area contributed by atoms with E-state index in [1.54, 1.807) is 0 Å². The van der Waals surface area contributed by atoms with Gasteiger partial charge in [-0.05, 0) is 70.6 Å². The molecule has 9 N–H and O–H groups in total. The lowest BCUT2D eigenvalue weighted by Gasteiger charge is -2.46. The first-order valence-corrected chi connectivity index (χ1v) is 41.3. The molecule has 0 aliphatic carbocycles. The monoisotopic (exact) mass is 1400 g/mol. The summed E-state index contributed by atoms with van der Waals surface area (Å²) < 4.78 is 23.0. The summed E-state index contributed by atoms with van der Waals surface area (Å²) in [6.45, 7) is 2.80. The molecule has 1 amide bonds. The van der Waals surface area contributed by atoms with Crippen molar-refractivity contribution >= 4 is 5.91 Å². The summed E-state index contributed by atoms with van der Waals surface area (Å²) >= 11 is 0. The molecule has 12 unspecified atom stereocenters. The molecule has 0 radical (unpaired) electrons. The standard InChI is InChI=1S/C85H153NO13/c1-3-5-7-9-11-13-15-17-19-21-23-25-27-29-30-31-32-33-34-35-36-37-38-39-40-41-42-43-44-45-47-49-51-53-55-57-59-61-63-65-67-69-77(90)86-73(72-96-84-82(95)80(93)83(76(71-88)98-84)99-85-81(94)79(92)78(91)75(70-87)97-85)74(89)68-66-64-62-60-58-56-54-52-50-48-46-28-26-24-22-20-18-16-14-12-10-8-6-4-2/h5,7,11,13,17,19,23,25,29-30,32-33,35-36,73-76,78-85,87-89,91-95H,3-4,6,8-10,12,14-16,18,20-22,24,26-28,31,34,37-72H2,1-2H3,(H,86,90)/b7-5-,13-11-,19-17-,25-23-,30-29-,33-32-,36-35-. The Balaban J connectivity index is 1.57. The minimum atomic E-state index is -1.78. The number of amides is 1. The third-order valence-electron chi connectivity index (χ3n) is 19.9. The van der Waals surface area contributed by atoms with E-state index in [9.17, 15) is 45.6 Å². The third kappa shape index (κ3) is 51.1. The van der Waals surface area contributed by atoms with E-state index in [1.165, 1.54) is 231 Å². The summed E-state index contributed by atoms with van der Waals surface area (Å²) in [4.78, 5) is 13.4. The molecule has 0 aromatic rings. The van der Waals surface area contributed by atoms with E-state index in [-0.39, 0.29) is 12.5 Å². The molecule has 2 aliphatic rings. The van der Waals surface area contributed by atoms with Crippen LogP contribution >= 0.6 is 0 Å². The maximum Gasteiger partial charge on any atom is 0.220 e. The maximum absolute atomic E-state index is 13.4. The molecule has 0 bridgehead atoms. The van der Waals surface area contributed by atoms with E-state index in [2.05, 4.69) is 104 Å². The Morgan fingerprint density at radius 1 is 0.374 bits per heavy atom. The SMILES string of the molecule is CC/C=C\C/C=C\C/C=C\C/C=C\C/C=C\C/C=C\C/C=C\CCCCCCCCCCCCCCCCCCCCCC(=O)NC(COC1OC(CO)C(OC2OC(CO)C(O)C(O)C2O)C(O)C1O)C(O)CCCCCCCCCCCCCCCCCCCCCCCCCC. The summed E-state index contributed by atoms with van der Waals surface area (Å²) in [5.74, 6) is -0.201. The number of hydrogen-bond donors (Lipinski definition) is 9. The van der Waals surface area contributed by atoms with E-state index in [0.29, 0.717) is 12.8 Å². The van der Waals surface area contributed by atoms with Crippen LogP contribution in [0.1, 0.15) is 354 Å². The molecule has 2 saturated heterocycles. The first-order chi connectivity index (χ1) is 48.6. The molecular weight excluding hydrogens is 1240 g/mol. The molecular formula is C85H153NO13. The van der Waals surface area contributed by atoms with Crippen molar-refractivity contribution < 1.29 is 64.6 Å². The van der Waals surface area contributed by atoms with Crippen LogP contribution in [0.2, 0.25) is 0 Å². The lowest BCUT2D eigenvalue weighted by molar-refractivity contribution is -0.359. The summed E-state index contributed by atoms with van der Waals surface area (Å²) in [5.41, 5.74) is 0. The van der Waals surface area contributed by atoms with Gasteiger partial charge in [-0.15, -0.1) is 0 Å². The van der Waals surface area contributed by atoms with E-state index in [0.717, 1.165) is 96.3 Å². The molecule has 2 heterocycles. The largest absolute Gasteiger partial charge is 0.394 e. The quantitative estimate of drug-likeness (QED) is 0.0204. The van der Waals surface area contributed by atoms with Crippen molar-refractivity contribution in [2.45, 2.75) is 428 Å². The zero-order valence-electron chi connectivity index (χ0n) is 63.2. The number of nitrogens with one attached hydrogen (secondary N) is 1. The number of rotatable bonds is 69. The summed E-state index contributed by atoms with van der Waals surface area (Å²) in [7, 11) is 0. The summed E-state index contributed by atoms with van der Waals surface area (Å²) in [6.07, 6.45) is 79.1. The highest BCUT2D eigenvalue weighted by Crippen LogP contribution is 2.30. The number of carbonyl (C=O) groups is 1. The Hall–Kier alpha value is -2.83. The van der Waals surface area contributed by atoms with Crippen molar-refractivity contribution in [1.29, 1.82) is 0 Å². The Morgan fingerprint density at radius 2 is 0.697 bits per heavy atom. The van der Waals surface area contributed by atoms with Crippen LogP contribution in [0.3, 0.4) is 0 Å². The van der Waals surface area contributed by atoms with Gasteiger partial charge in [-0.3, -0.25) is 4.79 Å². The first-order valence-electron chi connectivity index (χ1n) is 41.3. The van der Waals surface area contributed by atoms with Crippen LogP contribution in [0.5, 0.6) is 0 Å². The van der Waals surface area contributed by atoms with Gasteiger partial charge in [0.15, 0.2) is 12.6 Å². The van der Waals surface area contributed by atoms with Gasteiger partial charge in [0.2, 0.25) is 5.91 Å². The second kappa shape index (κ2) is 68.3.